The van der Waals surface area contributed by atoms with Crippen molar-refractivity contribution in [1.82, 2.24) is 5.32 Å². The van der Waals surface area contributed by atoms with E-state index in [1.807, 2.05) is 6.92 Å². The first-order chi connectivity index (χ1) is 8.70. The van der Waals surface area contributed by atoms with E-state index in [2.05, 4.69) is 5.32 Å². The van der Waals surface area contributed by atoms with Gasteiger partial charge in [0.1, 0.15) is 11.6 Å². The van der Waals surface area contributed by atoms with Crippen LogP contribution in [0, 0.1) is 5.82 Å². The molecular formula is C14H20FNO2. The molecule has 4 heteroatoms. The number of hydrogen-bond acceptors (Lipinski definition) is 3. The second kappa shape index (κ2) is 6.16. The second-order valence-electron chi connectivity index (χ2n) is 4.66. The zero-order valence-corrected chi connectivity index (χ0v) is 10.9. The van der Waals surface area contributed by atoms with Crippen LogP contribution in [0.5, 0.6) is 5.75 Å². The van der Waals surface area contributed by atoms with E-state index < -0.39 is 0 Å². The van der Waals surface area contributed by atoms with Crippen LogP contribution in [0.2, 0.25) is 0 Å². The maximum Gasteiger partial charge on any atom is 0.131 e. The van der Waals surface area contributed by atoms with Crippen molar-refractivity contribution in [2.45, 2.75) is 31.8 Å². The SMILES string of the molecule is COc1ccc(C(C)NC2CCOCC2)c(F)c1. The molecule has 0 spiro atoms. The lowest BCUT2D eigenvalue weighted by molar-refractivity contribution is 0.0753. The molecule has 1 aromatic rings. The lowest BCUT2D eigenvalue weighted by Gasteiger charge is -2.27. The van der Waals surface area contributed by atoms with Gasteiger partial charge in [-0.05, 0) is 25.8 Å². The number of rotatable bonds is 4. The van der Waals surface area contributed by atoms with E-state index in [1.165, 1.54) is 13.2 Å². The number of methoxy groups -OCH3 is 1. The molecule has 0 aliphatic carbocycles. The van der Waals surface area contributed by atoms with Gasteiger partial charge in [-0.3, -0.25) is 0 Å². The van der Waals surface area contributed by atoms with Crippen LogP contribution in [-0.2, 0) is 4.74 Å². The molecule has 1 aliphatic rings. The van der Waals surface area contributed by atoms with Crippen molar-refractivity contribution >= 4 is 0 Å². The Morgan fingerprint density at radius 1 is 1.39 bits per heavy atom. The highest BCUT2D eigenvalue weighted by atomic mass is 19.1. The van der Waals surface area contributed by atoms with Crippen LogP contribution in [0.15, 0.2) is 18.2 Å². The Morgan fingerprint density at radius 3 is 2.72 bits per heavy atom. The average molecular weight is 253 g/mol. The van der Waals surface area contributed by atoms with Crippen LogP contribution >= 0.6 is 0 Å². The van der Waals surface area contributed by atoms with Crippen molar-refractivity contribution in [3.05, 3.63) is 29.6 Å². The third-order valence-electron chi connectivity index (χ3n) is 3.38. The van der Waals surface area contributed by atoms with Crippen LogP contribution in [0.3, 0.4) is 0 Å². The van der Waals surface area contributed by atoms with Gasteiger partial charge in [0, 0.05) is 36.9 Å². The third kappa shape index (κ3) is 3.21. The van der Waals surface area contributed by atoms with Gasteiger partial charge in [0.2, 0.25) is 0 Å². The number of hydrogen-bond donors (Lipinski definition) is 1. The van der Waals surface area contributed by atoms with Gasteiger partial charge in [0.05, 0.1) is 7.11 Å². The van der Waals surface area contributed by atoms with Crippen molar-refractivity contribution < 1.29 is 13.9 Å². The normalized spacial score (nSPS) is 18.6. The summed E-state index contributed by atoms with van der Waals surface area (Å²) in [5, 5.41) is 3.45. The van der Waals surface area contributed by atoms with Gasteiger partial charge in [0.15, 0.2) is 0 Å². The fourth-order valence-electron chi connectivity index (χ4n) is 2.29. The molecule has 100 valence electrons. The summed E-state index contributed by atoms with van der Waals surface area (Å²) in [6, 6.07) is 5.41. The predicted octanol–water partition coefficient (Wildman–Crippen LogP) is 2.66. The predicted molar refractivity (Wildman–Crippen MR) is 68.3 cm³/mol. The minimum Gasteiger partial charge on any atom is -0.497 e. The minimum absolute atomic E-state index is 0.000920. The molecule has 1 heterocycles. The molecule has 2 rings (SSSR count). The maximum absolute atomic E-state index is 13.9. The maximum atomic E-state index is 13.9. The van der Waals surface area contributed by atoms with E-state index in [9.17, 15) is 4.39 Å². The number of halogens is 1. The fraction of sp³-hybridized carbons (Fsp3) is 0.571. The summed E-state index contributed by atoms with van der Waals surface area (Å²) in [6.45, 7) is 3.56. The highest BCUT2D eigenvalue weighted by Gasteiger charge is 2.18. The Labute approximate surface area is 107 Å². The topological polar surface area (TPSA) is 30.5 Å². The van der Waals surface area contributed by atoms with Gasteiger partial charge in [-0.2, -0.15) is 0 Å². The Kier molecular flexibility index (Phi) is 4.55. The molecule has 0 amide bonds. The van der Waals surface area contributed by atoms with Gasteiger partial charge in [-0.1, -0.05) is 6.07 Å². The van der Waals surface area contributed by atoms with Gasteiger partial charge in [-0.25, -0.2) is 4.39 Å². The second-order valence-corrected chi connectivity index (χ2v) is 4.66. The van der Waals surface area contributed by atoms with Crippen LogP contribution < -0.4 is 10.1 Å². The minimum atomic E-state index is -0.221. The molecule has 1 N–H and O–H groups in total. The summed E-state index contributed by atoms with van der Waals surface area (Å²) in [7, 11) is 1.54. The molecule has 1 aliphatic heterocycles. The van der Waals surface area contributed by atoms with Crippen molar-refractivity contribution in [2.75, 3.05) is 20.3 Å². The van der Waals surface area contributed by atoms with Gasteiger partial charge < -0.3 is 14.8 Å². The van der Waals surface area contributed by atoms with Crippen molar-refractivity contribution in [1.29, 1.82) is 0 Å². The largest absolute Gasteiger partial charge is 0.497 e. The molecule has 1 saturated heterocycles. The average Bonchev–Trinajstić information content (AvgIpc) is 2.39. The summed E-state index contributed by atoms with van der Waals surface area (Å²) < 4.78 is 24.2. The van der Waals surface area contributed by atoms with Crippen molar-refractivity contribution in [3.8, 4) is 5.75 Å². The molecular weight excluding hydrogens is 233 g/mol. The van der Waals surface area contributed by atoms with Crippen molar-refractivity contribution in [2.24, 2.45) is 0 Å². The first kappa shape index (κ1) is 13.3. The molecule has 3 nitrogen and oxygen atoms in total. The molecule has 1 fully saturated rings. The van der Waals surface area contributed by atoms with Crippen LogP contribution in [0.25, 0.3) is 0 Å². The summed E-state index contributed by atoms with van der Waals surface area (Å²) in [4.78, 5) is 0. The quantitative estimate of drug-likeness (QED) is 0.895. The highest BCUT2D eigenvalue weighted by molar-refractivity contribution is 5.30. The van der Waals surface area contributed by atoms with E-state index in [0.29, 0.717) is 17.4 Å². The monoisotopic (exact) mass is 253 g/mol. The molecule has 1 atom stereocenters. The summed E-state index contributed by atoms with van der Waals surface area (Å²) >= 11 is 0. The summed E-state index contributed by atoms with van der Waals surface area (Å²) in [5.41, 5.74) is 0.683. The Hall–Kier alpha value is -1.13. The van der Waals surface area contributed by atoms with E-state index in [4.69, 9.17) is 9.47 Å². The molecule has 1 aromatic carbocycles. The summed E-state index contributed by atoms with van der Waals surface area (Å²) in [6.07, 6.45) is 1.98. The van der Waals surface area contributed by atoms with E-state index >= 15 is 0 Å². The zero-order valence-electron chi connectivity index (χ0n) is 10.9. The van der Waals surface area contributed by atoms with E-state index in [1.54, 1.807) is 12.1 Å². The lowest BCUT2D eigenvalue weighted by Crippen LogP contribution is -2.36. The molecule has 0 radical (unpaired) electrons. The fourth-order valence-corrected chi connectivity index (χ4v) is 2.29. The van der Waals surface area contributed by atoms with Gasteiger partial charge >= 0.3 is 0 Å². The Balaban J connectivity index is 2.01. The third-order valence-corrected chi connectivity index (χ3v) is 3.38. The Morgan fingerprint density at radius 2 is 2.11 bits per heavy atom. The number of benzene rings is 1. The first-order valence-corrected chi connectivity index (χ1v) is 6.38. The van der Waals surface area contributed by atoms with Gasteiger partial charge in [-0.15, -0.1) is 0 Å². The first-order valence-electron chi connectivity index (χ1n) is 6.38. The van der Waals surface area contributed by atoms with E-state index in [-0.39, 0.29) is 11.9 Å². The molecule has 0 saturated carbocycles. The van der Waals surface area contributed by atoms with Crippen LogP contribution in [0.4, 0.5) is 4.39 Å². The standard InChI is InChI=1S/C14H20FNO2/c1-10(16-11-5-7-18-8-6-11)13-4-3-12(17-2)9-14(13)15/h3-4,9-11,16H,5-8H2,1-2H3. The molecule has 1 unspecified atom stereocenters. The molecule has 18 heavy (non-hydrogen) atoms. The number of ether oxygens (including phenoxy) is 2. The van der Waals surface area contributed by atoms with E-state index in [0.717, 1.165) is 26.1 Å². The van der Waals surface area contributed by atoms with Crippen LogP contribution in [-0.4, -0.2) is 26.4 Å². The van der Waals surface area contributed by atoms with Crippen LogP contribution in [0.1, 0.15) is 31.4 Å². The summed E-state index contributed by atoms with van der Waals surface area (Å²) in [5.74, 6) is 0.330. The zero-order chi connectivity index (χ0) is 13.0. The smallest absolute Gasteiger partial charge is 0.131 e. The lowest BCUT2D eigenvalue weighted by atomic mass is 10.0. The molecule has 0 aromatic heterocycles. The molecule has 0 bridgehead atoms. The Bertz CT molecular complexity index is 391. The van der Waals surface area contributed by atoms with Gasteiger partial charge in [0.25, 0.3) is 0 Å². The highest BCUT2D eigenvalue weighted by Crippen LogP contribution is 2.23. The number of nitrogens with one attached hydrogen (secondary N) is 1. The van der Waals surface area contributed by atoms with Crippen molar-refractivity contribution in [3.63, 3.8) is 0 Å².